The van der Waals surface area contributed by atoms with Crippen molar-refractivity contribution < 1.29 is 13.2 Å². The van der Waals surface area contributed by atoms with E-state index in [4.69, 9.17) is 0 Å². The molecule has 0 aromatic rings. The highest BCUT2D eigenvalue weighted by Crippen LogP contribution is 2.09. The van der Waals surface area contributed by atoms with E-state index in [0.717, 1.165) is 18.1 Å². The summed E-state index contributed by atoms with van der Waals surface area (Å²) in [5.41, 5.74) is 0. The molecule has 3 N–H and O–H groups in total. The number of sulfonamides is 1. The average molecular weight is 346 g/mol. The van der Waals surface area contributed by atoms with E-state index >= 15 is 0 Å². The number of carbonyl (C=O) groups is 1. The Kier molecular flexibility index (Phi) is 9.82. The van der Waals surface area contributed by atoms with Gasteiger partial charge in [0, 0.05) is 43.1 Å². The number of rotatable bonds is 7. The molecule has 1 amide bonds. The number of halogens is 1. The maximum Gasteiger partial charge on any atom is 0.221 e. The first-order valence-corrected chi connectivity index (χ1v) is 9.27. The first kappa shape index (κ1) is 20.0. The summed E-state index contributed by atoms with van der Waals surface area (Å²) in [7, 11) is -3.29. The van der Waals surface area contributed by atoms with E-state index in [0.29, 0.717) is 6.42 Å². The van der Waals surface area contributed by atoms with Gasteiger partial charge in [-0.15, -0.1) is 12.4 Å². The topological polar surface area (TPSA) is 87.3 Å². The van der Waals surface area contributed by atoms with Crippen molar-refractivity contribution in [1.29, 1.82) is 0 Å². The van der Waals surface area contributed by atoms with E-state index in [2.05, 4.69) is 15.4 Å². The van der Waals surface area contributed by atoms with Crippen molar-refractivity contribution in [2.45, 2.75) is 32.4 Å². The molecule has 0 aromatic heterocycles. The van der Waals surface area contributed by atoms with Gasteiger partial charge in [0.05, 0.1) is 5.75 Å². The lowest BCUT2D eigenvalue weighted by atomic mass is 10.2. The molecule has 1 unspecified atom stereocenters. The van der Waals surface area contributed by atoms with E-state index in [9.17, 15) is 13.2 Å². The second-order valence-electron chi connectivity index (χ2n) is 4.87. The molecule has 1 rings (SSSR count). The summed E-state index contributed by atoms with van der Waals surface area (Å²) in [4.78, 5) is 11.6. The van der Waals surface area contributed by atoms with Crippen LogP contribution >= 0.6 is 24.2 Å². The Morgan fingerprint density at radius 2 is 2.15 bits per heavy atom. The SMILES string of the molecule is CC(C)NS(=O)(=O)CCNC(=O)CC1CSCCN1.Cl. The molecule has 120 valence electrons. The van der Waals surface area contributed by atoms with Gasteiger partial charge in [-0.25, -0.2) is 13.1 Å². The smallest absolute Gasteiger partial charge is 0.221 e. The van der Waals surface area contributed by atoms with Crippen LogP contribution in [0.15, 0.2) is 0 Å². The lowest BCUT2D eigenvalue weighted by Crippen LogP contribution is -2.42. The minimum absolute atomic E-state index is 0. The lowest BCUT2D eigenvalue weighted by Gasteiger charge is -2.22. The summed E-state index contributed by atoms with van der Waals surface area (Å²) in [6.45, 7) is 4.61. The monoisotopic (exact) mass is 345 g/mol. The third-order valence-corrected chi connectivity index (χ3v) is 5.24. The van der Waals surface area contributed by atoms with Crippen LogP contribution in [0.25, 0.3) is 0 Å². The van der Waals surface area contributed by atoms with E-state index in [-0.39, 0.29) is 42.7 Å². The van der Waals surface area contributed by atoms with Crippen molar-refractivity contribution in [2.24, 2.45) is 0 Å². The summed E-state index contributed by atoms with van der Waals surface area (Å²) in [6.07, 6.45) is 0.407. The Bertz CT molecular complexity index is 384. The van der Waals surface area contributed by atoms with Crippen LogP contribution < -0.4 is 15.4 Å². The fourth-order valence-electron chi connectivity index (χ4n) is 1.79. The minimum Gasteiger partial charge on any atom is -0.355 e. The van der Waals surface area contributed by atoms with Gasteiger partial charge in [-0.2, -0.15) is 11.8 Å². The zero-order valence-corrected chi connectivity index (χ0v) is 14.3. The quantitative estimate of drug-likeness (QED) is 0.602. The molecule has 1 aliphatic rings. The highest BCUT2D eigenvalue weighted by molar-refractivity contribution is 7.99. The molecule has 9 heteroatoms. The molecule has 0 aliphatic carbocycles. The zero-order valence-electron chi connectivity index (χ0n) is 11.8. The third-order valence-electron chi connectivity index (χ3n) is 2.54. The molecule has 0 spiro atoms. The number of carbonyl (C=O) groups excluding carboxylic acids is 1. The molecule has 0 bridgehead atoms. The van der Waals surface area contributed by atoms with Gasteiger partial charge in [0.15, 0.2) is 0 Å². The Labute approximate surface area is 131 Å². The second-order valence-corrected chi connectivity index (χ2v) is 7.89. The van der Waals surface area contributed by atoms with Gasteiger partial charge in [-0.3, -0.25) is 4.79 Å². The maximum atomic E-state index is 11.6. The summed E-state index contributed by atoms with van der Waals surface area (Å²) in [5, 5.41) is 5.92. The van der Waals surface area contributed by atoms with E-state index in [1.54, 1.807) is 13.8 Å². The van der Waals surface area contributed by atoms with Crippen molar-refractivity contribution in [2.75, 3.05) is 30.3 Å². The fraction of sp³-hybridized carbons (Fsp3) is 0.909. The van der Waals surface area contributed by atoms with Crippen LogP contribution in [-0.2, 0) is 14.8 Å². The van der Waals surface area contributed by atoms with Crippen molar-refractivity contribution in [3.63, 3.8) is 0 Å². The molecule has 20 heavy (non-hydrogen) atoms. The van der Waals surface area contributed by atoms with Crippen LogP contribution in [0.5, 0.6) is 0 Å². The van der Waals surface area contributed by atoms with Crippen molar-refractivity contribution in [1.82, 2.24) is 15.4 Å². The molecular weight excluding hydrogens is 322 g/mol. The Hall–Kier alpha value is -0.0200. The van der Waals surface area contributed by atoms with Crippen molar-refractivity contribution in [3.8, 4) is 0 Å². The second kappa shape index (κ2) is 9.83. The minimum atomic E-state index is -3.29. The number of hydrogen-bond acceptors (Lipinski definition) is 5. The van der Waals surface area contributed by atoms with Crippen molar-refractivity contribution in [3.05, 3.63) is 0 Å². The molecule has 1 heterocycles. The van der Waals surface area contributed by atoms with Gasteiger partial charge in [-0.1, -0.05) is 0 Å². The van der Waals surface area contributed by atoms with E-state index < -0.39 is 10.0 Å². The molecule has 6 nitrogen and oxygen atoms in total. The van der Waals surface area contributed by atoms with Crippen LogP contribution in [0.4, 0.5) is 0 Å². The Morgan fingerprint density at radius 1 is 1.45 bits per heavy atom. The summed E-state index contributed by atoms with van der Waals surface area (Å²) in [5.74, 6) is 1.83. The predicted molar refractivity (Wildman–Crippen MR) is 86.0 cm³/mol. The van der Waals surface area contributed by atoms with Gasteiger partial charge in [0.1, 0.15) is 0 Å². The van der Waals surface area contributed by atoms with Crippen LogP contribution in [0.1, 0.15) is 20.3 Å². The molecule has 1 fully saturated rings. The van der Waals surface area contributed by atoms with Crippen LogP contribution in [0.3, 0.4) is 0 Å². The molecule has 1 atom stereocenters. The first-order valence-electron chi connectivity index (χ1n) is 6.47. The number of thioether (sulfide) groups is 1. The largest absolute Gasteiger partial charge is 0.355 e. The van der Waals surface area contributed by atoms with Gasteiger partial charge in [0.2, 0.25) is 15.9 Å². The number of nitrogens with one attached hydrogen (secondary N) is 3. The third kappa shape index (κ3) is 9.02. The van der Waals surface area contributed by atoms with Gasteiger partial charge in [-0.05, 0) is 13.8 Å². The molecule has 1 aliphatic heterocycles. The zero-order chi connectivity index (χ0) is 14.3. The predicted octanol–water partition coefficient (Wildman–Crippen LogP) is -0.0527. The molecule has 0 radical (unpaired) electrons. The first-order chi connectivity index (χ1) is 8.89. The average Bonchev–Trinajstić information content (AvgIpc) is 2.28. The lowest BCUT2D eigenvalue weighted by molar-refractivity contribution is -0.121. The van der Waals surface area contributed by atoms with E-state index in [1.165, 1.54) is 0 Å². The highest BCUT2D eigenvalue weighted by atomic mass is 35.5. The normalized spacial score (nSPS) is 19.4. The highest BCUT2D eigenvalue weighted by Gasteiger charge is 2.17. The number of hydrogen-bond donors (Lipinski definition) is 3. The molecule has 0 saturated carbocycles. The molecule has 0 aromatic carbocycles. The fourth-order valence-corrected chi connectivity index (χ4v) is 3.95. The van der Waals surface area contributed by atoms with Gasteiger partial charge in [0.25, 0.3) is 0 Å². The van der Waals surface area contributed by atoms with E-state index in [1.807, 2.05) is 11.8 Å². The summed E-state index contributed by atoms with van der Waals surface area (Å²) >= 11 is 1.83. The van der Waals surface area contributed by atoms with Crippen LogP contribution in [0, 0.1) is 0 Å². The molecular formula is C11H24ClN3O3S2. The van der Waals surface area contributed by atoms with Crippen molar-refractivity contribution >= 4 is 40.1 Å². The standard InChI is InChI=1S/C11H23N3O3S2.ClH/c1-9(2)14-19(16,17)6-4-13-11(15)7-10-8-18-5-3-12-10;/h9-10,12,14H,3-8H2,1-2H3,(H,13,15);1H. The van der Waals surface area contributed by atoms with Gasteiger partial charge < -0.3 is 10.6 Å². The van der Waals surface area contributed by atoms with Gasteiger partial charge >= 0.3 is 0 Å². The van der Waals surface area contributed by atoms with Crippen LogP contribution in [-0.4, -0.2) is 56.8 Å². The maximum absolute atomic E-state index is 11.6. The Morgan fingerprint density at radius 3 is 2.70 bits per heavy atom. The molecule has 1 saturated heterocycles. The Balaban J connectivity index is 0.00000361. The number of amides is 1. The summed E-state index contributed by atoms with van der Waals surface area (Å²) in [6, 6.07) is 0.0771. The summed E-state index contributed by atoms with van der Waals surface area (Å²) < 4.78 is 25.5. The van der Waals surface area contributed by atoms with Crippen LogP contribution in [0.2, 0.25) is 0 Å².